The summed E-state index contributed by atoms with van der Waals surface area (Å²) in [5.74, 6) is 4.62. The van der Waals surface area contributed by atoms with Crippen molar-refractivity contribution < 1.29 is 44.3 Å². The van der Waals surface area contributed by atoms with E-state index in [1.165, 1.54) is 0 Å². The van der Waals surface area contributed by atoms with Gasteiger partial charge in [-0.1, -0.05) is 37.3 Å². The van der Waals surface area contributed by atoms with Gasteiger partial charge in [-0.15, -0.1) is 0 Å². The van der Waals surface area contributed by atoms with E-state index >= 15 is 0 Å². The Hall–Kier alpha value is -4.17. The van der Waals surface area contributed by atoms with Gasteiger partial charge in [0.1, 0.15) is 29.0 Å². The molecule has 0 unspecified atom stereocenters. The molecular formula is C41H49NO9. The number of Topliss-reactive ketones (excluding diaryl/α,β-unsaturated/α-hetero) is 1. The number of nitrogens with one attached hydrogen (secondary N) is 1. The molecule has 5 N–H and O–H groups in total. The number of fused-ring (bicyclic) bond motifs is 2. The van der Waals surface area contributed by atoms with Gasteiger partial charge in [0, 0.05) is 54.1 Å². The van der Waals surface area contributed by atoms with Crippen molar-refractivity contribution in [2.75, 3.05) is 11.9 Å². The number of rotatable bonds is 7. The van der Waals surface area contributed by atoms with Crippen molar-refractivity contribution in [3.8, 4) is 23.3 Å². The minimum absolute atomic E-state index is 0.00494. The fourth-order valence-corrected chi connectivity index (χ4v) is 8.60. The van der Waals surface area contributed by atoms with Crippen LogP contribution in [0.15, 0.2) is 35.9 Å². The number of aliphatic hydroxyl groups is 3. The van der Waals surface area contributed by atoms with Crippen molar-refractivity contribution in [2.24, 2.45) is 11.8 Å². The zero-order valence-corrected chi connectivity index (χ0v) is 29.7. The summed E-state index contributed by atoms with van der Waals surface area (Å²) < 4.78 is 12.1. The van der Waals surface area contributed by atoms with Crippen LogP contribution in [0.3, 0.4) is 0 Å². The Kier molecular flexibility index (Phi) is 10.9. The number of anilines is 1. The van der Waals surface area contributed by atoms with Gasteiger partial charge in [-0.05, 0) is 92.7 Å². The van der Waals surface area contributed by atoms with E-state index in [-0.39, 0.29) is 61.5 Å². The minimum atomic E-state index is -1.44. The second-order valence-corrected chi connectivity index (χ2v) is 14.7. The molecule has 0 spiro atoms. The quantitative estimate of drug-likeness (QED) is 0.113. The maximum atomic E-state index is 14.2. The summed E-state index contributed by atoms with van der Waals surface area (Å²) in [7, 11) is 0. The zero-order chi connectivity index (χ0) is 36.4. The number of hydrogen-bond acceptors (Lipinski definition) is 10. The van der Waals surface area contributed by atoms with Crippen molar-refractivity contribution in [1.29, 1.82) is 0 Å². The van der Waals surface area contributed by atoms with Crippen molar-refractivity contribution in [2.45, 2.75) is 121 Å². The SMILES string of the molecule is C/C=C1/C[C@@H](c2cc(CO)cc(NC[C@H](C)O)c2)C#C[C@H]2CC(=O)Oc3c2cc(c(O)c3CC)C[C@H]([C@]2(O)CCC[C@H]3CC(=O)CC[C@H]32)OC1=O. The van der Waals surface area contributed by atoms with Gasteiger partial charge in [-0.3, -0.25) is 9.59 Å². The lowest BCUT2D eigenvalue weighted by Crippen LogP contribution is -2.57. The molecule has 2 bridgehead atoms. The monoisotopic (exact) mass is 699 g/mol. The van der Waals surface area contributed by atoms with E-state index in [4.69, 9.17) is 9.47 Å². The number of carbonyl (C=O) groups is 3. The molecule has 2 aliphatic carbocycles. The average Bonchev–Trinajstić information content (AvgIpc) is 3.11. The van der Waals surface area contributed by atoms with Crippen LogP contribution in [-0.4, -0.2) is 62.5 Å². The van der Waals surface area contributed by atoms with Crippen molar-refractivity contribution in [1.82, 2.24) is 0 Å². The maximum Gasteiger partial charge on any atom is 0.334 e. The first-order valence-electron chi connectivity index (χ1n) is 18.3. The number of ketones is 1. The molecule has 10 heteroatoms. The molecule has 2 saturated carbocycles. The van der Waals surface area contributed by atoms with Crippen molar-refractivity contribution in [3.05, 3.63) is 63.7 Å². The number of phenolic OH excluding ortho intramolecular Hbond substituents is 1. The third kappa shape index (κ3) is 7.57. The standard InChI is InChI=1S/C41H49NO9/c1-4-25-15-26(29-13-24(22-43)14-31(16-29)42-21-23(3)44)8-9-27-20-37(46)51-39-33(5-2)38(47)30(18-34(27)39)19-36(50-40(25)48)41(49)12-6-7-28-17-32(45)10-11-35(28)41/h4,13-14,16,18,23,26-28,35-36,42-44,47,49H,5-7,10-12,15,17,19-22H2,1-3H3/b25-4-/t23-,26-,27-,28-,35+,36+,41-/m0/s1. The van der Waals surface area contributed by atoms with E-state index in [1.54, 1.807) is 32.1 Å². The van der Waals surface area contributed by atoms with Crippen LogP contribution in [0.2, 0.25) is 0 Å². The molecule has 0 radical (unpaired) electrons. The van der Waals surface area contributed by atoms with Crippen LogP contribution in [0, 0.1) is 23.7 Å². The average molecular weight is 700 g/mol. The van der Waals surface area contributed by atoms with E-state index in [1.807, 2.05) is 19.1 Å². The number of esters is 2. The van der Waals surface area contributed by atoms with Gasteiger partial charge in [0.05, 0.1) is 25.0 Å². The summed E-state index contributed by atoms with van der Waals surface area (Å²) in [6.07, 6.45) is 3.70. The number of cyclic esters (lactones) is 1. The van der Waals surface area contributed by atoms with E-state index in [0.717, 1.165) is 12.0 Å². The van der Waals surface area contributed by atoms with Crippen LogP contribution in [0.5, 0.6) is 11.5 Å². The van der Waals surface area contributed by atoms with Gasteiger partial charge in [-0.25, -0.2) is 4.79 Å². The summed E-state index contributed by atoms with van der Waals surface area (Å²) in [6.45, 7) is 5.32. The molecule has 2 aromatic carbocycles. The fraction of sp³-hybridized carbons (Fsp3) is 0.537. The van der Waals surface area contributed by atoms with Gasteiger partial charge < -0.3 is 35.2 Å². The molecule has 272 valence electrons. The normalized spacial score (nSPS) is 29.3. The largest absolute Gasteiger partial charge is 0.507 e. The van der Waals surface area contributed by atoms with E-state index in [9.17, 15) is 34.8 Å². The van der Waals surface area contributed by atoms with E-state index in [0.29, 0.717) is 72.0 Å². The highest BCUT2D eigenvalue weighted by molar-refractivity contribution is 5.89. The molecule has 7 atom stereocenters. The number of ether oxygens (including phenoxy) is 2. The lowest BCUT2D eigenvalue weighted by atomic mass is 9.60. The number of carbonyl (C=O) groups excluding carboxylic acids is 3. The first-order valence-corrected chi connectivity index (χ1v) is 18.3. The highest BCUT2D eigenvalue weighted by atomic mass is 16.6. The number of aliphatic hydroxyl groups excluding tert-OH is 2. The van der Waals surface area contributed by atoms with Crippen LogP contribution in [0.1, 0.15) is 112 Å². The van der Waals surface area contributed by atoms with Crippen molar-refractivity contribution in [3.63, 3.8) is 0 Å². The lowest BCUT2D eigenvalue weighted by molar-refractivity contribution is -0.187. The predicted octanol–water partition coefficient (Wildman–Crippen LogP) is 5.12. The molecule has 10 nitrogen and oxygen atoms in total. The fourth-order valence-electron chi connectivity index (χ4n) is 8.60. The summed E-state index contributed by atoms with van der Waals surface area (Å²) in [6, 6.07) is 7.28. The highest BCUT2D eigenvalue weighted by Crippen LogP contribution is 2.50. The Labute approximate surface area is 299 Å². The Morgan fingerprint density at radius 2 is 1.84 bits per heavy atom. The van der Waals surface area contributed by atoms with Crippen LogP contribution in [-0.2, 0) is 38.6 Å². The van der Waals surface area contributed by atoms with Crippen LogP contribution < -0.4 is 10.1 Å². The Morgan fingerprint density at radius 1 is 1.06 bits per heavy atom. The minimum Gasteiger partial charge on any atom is -0.507 e. The third-order valence-corrected chi connectivity index (χ3v) is 11.2. The number of allylic oxidation sites excluding steroid dienone is 1. The molecule has 0 saturated heterocycles. The zero-order valence-electron chi connectivity index (χ0n) is 29.7. The molecule has 6 rings (SSSR count). The molecule has 2 aliphatic heterocycles. The van der Waals surface area contributed by atoms with Gasteiger partial charge in [0.25, 0.3) is 0 Å². The molecule has 2 aromatic rings. The number of hydrogen-bond donors (Lipinski definition) is 5. The van der Waals surface area contributed by atoms with Gasteiger partial charge in [0.15, 0.2) is 0 Å². The number of aromatic hydroxyl groups is 1. The van der Waals surface area contributed by atoms with Gasteiger partial charge in [-0.2, -0.15) is 0 Å². The summed E-state index contributed by atoms with van der Waals surface area (Å²) in [5, 5.41) is 47.5. The number of benzene rings is 2. The first-order chi connectivity index (χ1) is 24.4. The Bertz CT molecular complexity index is 1780. The molecule has 0 amide bonds. The van der Waals surface area contributed by atoms with E-state index < -0.39 is 41.6 Å². The molecule has 2 heterocycles. The predicted molar refractivity (Wildman–Crippen MR) is 190 cm³/mol. The van der Waals surface area contributed by atoms with E-state index in [2.05, 4.69) is 17.2 Å². The van der Waals surface area contributed by atoms with Crippen LogP contribution in [0.25, 0.3) is 0 Å². The Morgan fingerprint density at radius 3 is 2.57 bits per heavy atom. The smallest absolute Gasteiger partial charge is 0.334 e. The number of phenols is 1. The second-order valence-electron chi connectivity index (χ2n) is 14.7. The highest BCUT2D eigenvalue weighted by Gasteiger charge is 2.53. The second kappa shape index (κ2) is 15.2. The first kappa shape index (κ1) is 36.6. The van der Waals surface area contributed by atoms with Gasteiger partial charge in [0.2, 0.25) is 0 Å². The third-order valence-electron chi connectivity index (χ3n) is 11.2. The van der Waals surface area contributed by atoms with Crippen LogP contribution in [0.4, 0.5) is 5.69 Å². The lowest BCUT2D eigenvalue weighted by Gasteiger charge is -2.50. The van der Waals surface area contributed by atoms with Gasteiger partial charge >= 0.3 is 11.9 Å². The molecular weight excluding hydrogens is 650 g/mol. The topological polar surface area (TPSA) is 163 Å². The Balaban J connectivity index is 1.50. The molecule has 4 aliphatic rings. The summed E-state index contributed by atoms with van der Waals surface area (Å²) in [4.78, 5) is 39.7. The molecule has 2 fully saturated rings. The van der Waals surface area contributed by atoms with Crippen molar-refractivity contribution >= 4 is 23.4 Å². The van der Waals surface area contributed by atoms with Crippen LogP contribution >= 0.6 is 0 Å². The molecule has 0 aromatic heterocycles. The summed E-state index contributed by atoms with van der Waals surface area (Å²) >= 11 is 0. The summed E-state index contributed by atoms with van der Waals surface area (Å²) in [5.41, 5.74) is 2.50. The maximum absolute atomic E-state index is 14.2. The molecule has 51 heavy (non-hydrogen) atoms.